The van der Waals surface area contributed by atoms with E-state index in [0.29, 0.717) is 36.7 Å². The standard InChI is InChI=1S/C21H24N4O3S2/c1-16-17(2)29-21(19(16)14-22)23-20(26)15-24-9-11-25(12-10-24)30(27,28)13-8-18-6-4-3-5-7-18/h3-8,13H,9-12,15H2,1-2H3,(H,23,26)/b13-8+. The third-order valence-electron chi connectivity index (χ3n) is 5.04. The summed E-state index contributed by atoms with van der Waals surface area (Å²) in [5.41, 5.74) is 2.22. The zero-order valence-electron chi connectivity index (χ0n) is 17.0. The Kier molecular flexibility index (Phi) is 7.05. The van der Waals surface area contributed by atoms with Gasteiger partial charge in [0.05, 0.1) is 12.1 Å². The molecule has 1 fully saturated rings. The number of sulfonamides is 1. The monoisotopic (exact) mass is 444 g/mol. The van der Waals surface area contributed by atoms with E-state index in [0.717, 1.165) is 16.0 Å². The summed E-state index contributed by atoms with van der Waals surface area (Å²) in [7, 11) is -3.50. The van der Waals surface area contributed by atoms with Crippen molar-refractivity contribution in [2.45, 2.75) is 13.8 Å². The summed E-state index contributed by atoms with van der Waals surface area (Å²) in [5, 5.41) is 13.9. The molecule has 0 aliphatic carbocycles. The van der Waals surface area contributed by atoms with Crippen LogP contribution in [-0.4, -0.2) is 56.3 Å². The molecule has 9 heteroatoms. The van der Waals surface area contributed by atoms with Gasteiger partial charge in [-0.1, -0.05) is 30.3 Å². The molecule has 2 heterocycles. The fourth-order valence-electron chi connectivity index (χ4n) is 3.18. The van der Waals surface area contributed by atoms with Crippen LogP contribution < -0.4 is 5.32 Å². The average Bonchev–Trinajstić information content (AvgIpc) is 3.00. The van der Waals surface area contributed by atoms with Crippen LogP contribution in [0.2, 0.25) is 0 Å². The summed E-state index contributed by atoms with van der Waals surface area (Å²) in [4.78, 5) is 15.3. The highest BCUT2D eigenvalue weighted by atomic mass is 32.2. The highest BCUT2D eigenvalue weighted by Crippen LogP contribution is 2.31. The van der Waals surface area contributed by atoms with Gasteiger partial charge in [0.15, 0.2) is 0 Å². The van der Waals surface area contributed by atoms with Crippen LogP contribution in [0.1, 0.15) is 21.6 Å². The summed E-state index contributed by atoms with van der Waals surface area (Å²) in [6, 6.07) is 11.4. The van der Waals surface area contributed by atoms with E-state index in [1.54, 1.807) is 6.08 Å². The van der Waals surface area contributed by atoms with Crippen LogP contribution in [0.3, 0.4) is 0 Å². The molecule has 3 rings (SSSR count). The van der Waals surface area contributed by atoms with E-state index in [4.69, 9.17) is 0 Å². The molecule has 2 aromatic rings. The number of hydrogen-bond donors (Lipinski definition) is 1. The van der Waals surface area contributed by atoms with E-state index >= 15 is 0 Å². The van der Waals surface area contributed by atoms with Crippen molar-refractivity contribution in [2.75, 3.05) is 38.0 Å². The lowest BCUT2D eigenvalue weighted by molar-refractivity contribution is -0.117. The summed E-state index contributed by atoms with van der Waals surface area (Å²) in [6.45, 7) is 5.55. The average molecular weight is 445 g/mol. The maximum atomic E-state index is 12.5. The maximum absolute atomic E-state index is 12.5. The van der Waals surface area contributed by atoms with Crippen LogP contribution in [0.4, 0.5) is 5.00 Å². The lowest BCUT2D eigenvalue weighted by Crippen LogP contribution is -2.49. The molecule has 0 bridgehead atoms. The summed E-state index contributed by atoms with van der Waals surface area (Å²) in [6.07, 6.45) is 1.59. The van der Waals surface area contributed by atoms with Crippen molar-refractivity contribution in [3.8, 4) is 6.07 Å². The molecule has 30 heavy (non-hydrogen) atoms. The summed E-state index contributed by atoms with van der Waals surface area (Å²) >= 11 is 1.40. The minimum atomic E-state index is -3.50. The molecule has 1 amide bonds. The minimum Gasteiger partial charge on any atom is -0.315 e. The predicted octanol–water partition coefficient (Wildman–Crippen LogP) is 2.79. The topological polar surface area (TPSA) is 93.5 Å². The number of anilines is 1. The second-order valence-corrected chi connectivity index (χ2v) is 10.1. The van der Waals surface area contributed by atoms with Crippen molar-refractivity contribution < 1.29 is 13.2 Å². The van der Waals surface area contributed by atoms with Crippen LogP contribution in [0.5, 0.6) is 0 Å². The summed E-state index contributed by atoms with van der Waals surface area (Å²) in [5.74, 6) is -0.201. The zero-order valence-corrected chi connectivity index (χ0v) is 18.6. The van der Waals surface area contributed by atoms with Crippen molar-refractivity contribution in [1.29, 1.82) is 5.26 Å². The number of benzene rings is 1. The molecule has 7 nitrogen and oxygen atoms in total. The van der Waals surface area contributed by atoms with Crippen molar-refractivity contribution in [1.82, 2.24) is 9.21 Å². The van der Waals surface area contributed by atoms with Gasteiger partial charge in [-0.25, -0.2) is 8.42 Å². The van der Waals surface area contributed by atoms with Crippen LogP contribution in [0.25, 0.3) is 6.08 Å². The van der Waals surface area contributed by atoms with E-state index in [2.05, 4.69) is 11.4 Å². The second kappa shape index (κ2) is 9.53. The number of carbonyl (C=O) groups is 1. The third-order valence-corrected chi connectivity index (χ3v) is 7.73. The Labute approximate surface area is 181 Å². The quantitative estimate of drug-likeness (QED) is 0.739. The first-order valence-corrected chi connectivity index (χ1v) is 11.9. The Morgan fingerprint density at radius 3 is 2.50 bits per heavy atom. The van der Waals surface area contributed by atoms with Crippen molar-refractivity contribution >= 4 is 38.3 Å². The van der Waals surface area contributed by atoms with Gasteiger partial charge >= 0.3 is 0 Å². The number of rotatable bonds is 6. The van der Waals surface area contributed by atoms with Crippen LogP contribution in [-0.2, 0) is 14.8 Å². The smallest absolute Gasteiger partial charge is 0.239 e. The SMILES string of the molecule is Cc1sc(NC(=O)CN2CCN(S(=O)(=O)/C=C/c3ccccc3)CC2)c(C#N)c1C. The van der Waals surface area contributed by atoms with Gasteiger partial charge in [-0.15, -0.1) is 11.3 Å². The van der Waals surface area contributed by atoms with Gasteiger partial charge in [-0.3, -0.25) is 9.69 Å². The fourth-order valence-corrected chi connectivity index (χ4v) is 5.38. The molecule has 1 aliphatic rings. The van der Waals surface area contributed by atoms with E-state index in [-0.39, 0.29) is 12.5 Å². The molecule has 1 N–H and O–H groups in total. The molecule has 0 spiro atoms. The highest BCUT2D eigenvalue weighted by Gasteiger charge is 2.26. The van der Waals surface area contributed by atoms with Crippen LogP contribution in [0, 0.1) is 25.2 Å². The second-order valence-electron chi connectivity index (χ2n) is 7.08. The van der Waals surface area contributed by atoms with Gasteiger partial charge in [-0.2, -0.15) is 9.57 Å². The van der Waals surface area contributed by atoms with Crippen LogP contribution in [0.15, 0.2) is 35.7 Å². The Bertz CT molecular complexity index is 1080. The van der Waals surface area contributed by atoms with E-state index in [1.807, 2.05) is 49.1 Å². The predicted molar refractivity (Wildman–Crippen MR) is 120 cm³/mol. The molecule has 1 saturated heterocycles. The molecule has 0 atom stereocenters. The fraction of sp³-hybridized carbons (Fsp3) is 0.333. The van der Waals surface area contributed by atoms with Gasteiger partial charge in [0.25, 0.3) is 0 Å². The number of nitrogens with zero attached hydrogens (tertiary/aromatic N) is 3. The molecule has 0 saturated carbocycles. The number of piperazine rings is 1. The van der Waals surface area contributed by atoms with Crippen LogP contribution >= 0.6 is 11.3 Å². The number of nitriles is 1. The van der Waals surface area contributed by atoms with E-state index in [9.17, 15) is 18.5 Å². The van der Waals surface area contributed by atoms with Gasteiger partial charge in [0.1, 0.15) is 11.1 Å². The third kappa shape index (κ3) is 5.34. The number of carbonyl (C=O) groups excluding carboxylic acids is 1. The Morgan fingerprint density at radius 2 is 1.87 bits per heavy atom. The Balaban J connectivity index is 1.53. The van der Waals surface area contributed by atoms with Crippen molar-refractivity contribution in [3.63, 3.8) is 0 Å². The summed E-state index contributed by atoms with van der Waals surface area (Å²) < 4.78 is 26.5. The number of aryl methyl sites for hydroxylation is 1. The molecule has 1 aromatic carbocycles. The first-order valence-electron chi connectivity index (χ1n) is 9.55. The van der Waals surface area contributed by atoms with Gasteiger partial charge in [0, 0.05) is 36.5 Å². The molecule has 1 aliphatic heterocycles. The van der Waals surface area contributed by atoms with E-state index < -0.39 is 10.0 Å². The zero-order chi connectivity index (χ0) is 21.7. The maximum Gasteiger partial charge on any atom is 0.239 e. The van der Waals surface area contributed by atoms with Gasteiger partial charge < -0.3 is 5.32 Å². The molecule has 158 valence electrons. The number of thiophene rings is 1. The highest BCUT2D eigenvalue weighted by molar-refractivity contribution is 7.92. The number of nitrogens with one attached hydrogen (secondary N) is 1. The first-order chi connectivity index (χ1) is 14.3. The molecular formula is C21H24N4O3S2. The number of hydrogen-bond acceptors (Lipinski definition) is 6. The lowest BCUT2D eigenvalue weighted by Gasteiger charge is -2.32. The van der Waals surface area contributed by atoms with Crippen molar-refractivity contribution in [3.05, 3.63) is 57.3 Å². The number of amides is 1. The largest absolute Gasteiger partial charge is 0.315 e. The Morgan fingerprint density at radius 1 is 1.20 bits per heavy atom. The molecular weight excluding hydrogens is 420 g/mol. The lowest BCUT2D eigenvalue weighted by atomic mass is 10.2. The van der Waals surface area contributed by atoms with Gasteiger partial charge in [0.2, 0.25) is 15.9 Å². The van der Waals surface area contributed by atoms with Crippen molar-refractivity contribution in [2.24, 2.45) is 0 Å². The normalized spacial score (nSPS) is 15.9. The molecule has 0 radical (unpaired) electrons. The van der Waals surface area contributed by atoms with Gasteiger partial charge in [-0.05, 0) is 31.1 Å². The van der Waals surface area contributed by atoms with E-state index in [1.165, 1.54) is 21.1 Å². The molecule has 0 unspecified atom stereocenters. The molecule has 1 aromatic heterocycles. The minimum absolute atomic E-state index is 0.161. The Hall–Kier alpha value is -2.51. The first kappa shape index (κ1) is 22.2.